The van der Waals surface area contributed by atoms with E-state index in [2.05, 4.69) is 12.0 Å². The highest BCUT2D eigenvalue weighted by molar-refractivity contribution is 5.97. The second-order valence-corrected chi connectivity index (χ2v) is 6.34. The topological polar surface area (TPSA) is 64.4 Å². The number of rotatable bonds is 6. The maximum atomic E-state index is 13.1. The molecule has 1 unspecified atom stereocenters. The average molecular weight is 335 g/mol. The molecule has 1 aliphatic rings. The SMILES string of the molecule is CCCc1nn(C)c(CC)c1C(=O)N1CCCC(C(=O)OCC)C1. The maximum Gasteiger partial charge on any atom is 0.310 e. The summed E-state index contributed by atoms with van der Waals surface area (Å²) < 4.78 is 6.96. The Hall–Kier alpha value is -1.85. The highest BCUT2D eigenvalue weighted by Gasteiger charge is 2.32. The molecule has 0 spiro atoms. The maximum absolute atomic E-state index is 13.1. The van der Waals surface area contributed by atoms with E-state index in [1.807, 2.05) is 25.6 Å². The molecule has 1 fully saturated rings. The van der Waals surface area contributed by atoms with Gasteiger partial charge in [0.25, 0.3) is 5.91 Å². The van der Waals surface area contributed by atoms with Crippen molar-refractivity contribution in [3.05, 3.63) is 17.0 Å². The van der Waals surface area contributed by atoms with Gasteiger partial charge in [0.05, 0.1) is 29.5 Å². The first-order valence-electron chi connectivity index (χ1n) is 9.04. The lowest BCUT2D eigenvalue weighted by Crippen LogP contribution is -2.43. The third kappa shape index (κ3) is 3.79. The summed E-state index contributed by atoms with van der Waals surface area (Å²) in [7, 11) is 1.90. The van der Waals surface area contributed by atoms with E-state index in [4.69, 9.17) is 4.74 Å². The number of aromatic nitrogens is 2. The molecule has 0 aliphatic carbocycles. The predicted molar refractivity (Wildman–Crippen MR) is 91.8 cm³/mol. The summed E-state index contributed by atoms with van der Waals surface area (Å²) in [6.07, 6.45) is 4.14. The van der Waals surface area contributed by atoms with Gasteiger partial charge >= 0.3 is 5.97 Å². The first kappa shape index (κ1) is 18.5. The normalized spacial score (nSPS) is 17.8. The number of aryl methyl sites for hydroxylation is 2. The van der Waals surface area contributed by atoms with Crippen molar-refractivity contribution < 1.29 is 14.3 Å². The van der Waals surface area contributed by atoms with Gasteiger partial charge in [-0.3, -0.25) is 14.3 Å². The van der Waals surface area contributed by atoms with E-state index in [9.17, 15) is 9.59 Å². The Morgan fingerprint density at radius 3 is 2.67 bits per heavy atom. The Balaban J connectivity index is 2.23. The van der Waals surface area contributed by atoms with Crippen LogP contribution < -0.4 is 0 Å². The number of nitrogens with zero attached hydrogens (tertiary/aromatic N) is 3. The van der Waals surface area contributed by atoms with Gasteiger partial charge in [-0.05, 0) is 32.6 Å². The van der Waals surface area contributed by atoms with Gasteiger partial charge in [-0.2, -0.15) is 5.10 Å². The van der Waals surface area contributed by atoms with Crippen LogP contribution in [0.1, 0.15) is 61.8 Å². The Bertz CT molecular complexity index is 595. The molecule has 0 N–H and O–H groups in total. The van der Waals surface area contributed by atoms with Crippen LogP contribution in [0, 0.1) is 5.92 Å². The van der Waals surface area contributed by atoms with Crippen molar-refractivity contribution in [3.63, 3.8) is 0 Å². The third-order valence-electron chi connectivity index (χ3n) is 4.60. The summed E-state index contributed by atoms with van der Waals surface area (Å²) in [4.78, 5) is 27.0. The van der Waals surface area contributed by atoms with Crippen molar-refractivity contribution in [2.75, 3.05) is 19.7 Å². The van der Waals surface area contributed by atoms with E-state index in [0.29, 0.717) is 19.7 Å². The molecule has 1 aromatic rings. The molecule has 6 heteroatoms. The molecule has 1 aliphatic heterocycles. The molecule has 0 bridgehead atoms. The van der Waals surface area contributed by atoms with Crippen molar-refractivity contribution in [1.82, 2.24) is 14.7 Å². The fourth-order valence-electron chi connectivity index (χ4n) is 3.46. The number of hydrogen-bond donors (Lipinski definition) is 0. The Kier molecular flexibility index (Phi) is 6.40. The minimum atomic E-state index is -0.209. The smallest absolute Gasteiger partial charge is 0.310 e. The molecule has 0 aromatic carbocycles. The first-order chi connectivity index (χ1) is 11.5. The number of likely N-dealkylation sites (tertiary alicyclic amines) is 1. The van der Waals surface area contributed by atoms with Crippen molar-refractivity contribution >= 4 is 11.9 Å². The molecule has 1 aromatic heterocycles. The standard InChI is InChI=1S/C18H29N3O3/c1-5-9-14-16(15(6-2)20(4)19-14)17(22)21-11-8-10-13(12-21)18(23)24-7-3/h13H,5-12H2,1-4H3. The lowest BCUT2D eigenvalue weighted by atomic mass is 9.96. The molecule has 134 valence electrons. The largest absolute Gasteiger partial charge is 0.466 e. The van der Waals surface area contributed by atoms with Crippen LogP contribution in [0.15, 0.2) is 0 Å². The molecule has 6 nitrogen and oxygen atoms in total. The molecule has 1 atom stereocenters. The van der Waals surface area contributed by atoms with Gasteiger partial charge in [0, 0.05) is 20.1 Å². The lowest BCUT2D eigenvalue weighted by Gasteiger charge is -2.31. The molecule has 2 heterocycles. The number of hydrogen-bond acceptors (Lipinski definition) is 4. The number of amides is 1. The van der Waals surface area contributed by atoms with Crippen LogP contribution in [-0.4, -0.2) is 46.3 Å². The molecule has 2 rings (SSSR count). The third-order valence-corrected chi connectivity index (χ3v) is 4.60. The monoisotopic (exact) mass is 335 g/mol. The predicted octanol–water partition coefficient (Wildman–Crippen LogP) is 2.35. The van der Waals surface area contributed by atoms with Crippen LogP contribution in [-0.2, 0) is 29.4 Å². The Morgan fingerprint density at radius 1 is 1.29 bits per heavy atom. The van der Waals surface area contributed by atoms with Crippen LogP contribution in [0.25, 0.3) is 0 Å². The summed E-state index contributed by atoms with van der Waals surface area (Å²) >= 11 is 0. The summed E-state index contributed by atoms with van der Waals surface area (Å²) in [5.74, 6) is -0.387. The molecular formula is C18H29N3O3. The highest BCUT2D eigenvalue weighted by Crippen LogP contribution is 2.24. The number of ether oxygens (including phenoxy) is 1. The van der Waals surface area contributed by atoms with Gasteiger partial charge in [0.15, 0.2) is 0 Å². The zero-order valence-corrected chi connectivity index (χ0v) is 15.3. The van der Waals surface area contributed by atoms with Crippen molar-refractivity contribution in [1.29, 1.82) is 0 Å². The molecule has 1 saturated heterocycles. The lowest BCUT2D eigenvalue weighted by molar-refractivity contribution is -0.149. The summed E-state index contributed by atoms with van der Waals surface area (Å²) in [6.45, 7) is 7.46. The average Bonchev–Trinajstić information content (AvgIpc) is 2.90. The van der Waals surface area contributed by atoms with Crippen LogP contribution >= 0.6 is 0 Å². The van der Waals surface area contributed by atoms with Gasteiger partial charge in [-0.15, -0.1) is 0 Å². The molecule has 0 saturated carbocycles. The van der Waals surface area contributed by atoms with Gasteiger partial charge < -0.3 is 9.64 Å². The zero-order chi connectivity index (χ0) is 17.7. The molecule has 1 amide bonds. The number of esters is 1. The fraction of sp³-hybridized carbons (Fsp3) is 0.722. The van der Waals surface area contributed by atoms with E-state index < -0.39 is 0 Å². The summed E-state index contributed by atoms with van der Waals surface area (Å²) in [6, 6.07) is 0. The van der Waals surface area contributed by atoms with E-state index in [1.165, 1.54) is 0 Å². The van der Waals surface area contributed by atoms with Crippen LogP contribution in [0.5, 0.6) is 0 Å². The van der Waals surface area contributed by atoms with E-state index in [1.54, 1.807) is 4.90 Å². The zero-order valence-electron chi connectivity index (χ0n) is 15.3. The molecule has 24 heavy (non-hydrogen) atoms. The van der Waals surface area contributed by atoms with E-state index >= 15 is 0 Å². The van der Waals surface area contributed by atoms with Crippen molar-refractivity contribution in [2.45, 2.75) is 52.9 Å². The van der Waals surface area contributed by atoms with Crippen LogP contribution in [0.2, 0.25) is 0 Å². The summed E-state index contributed by atoms with van der Waals surface area (Å²) in [5.41, 5.74) is 2.59. The quantitative estimate of drug-likeness (QED) is 0.749. The number of carbonyl (C=O) groups excluding carboxylic acids is 2. The van der Waals surface area contributed by atoms with Crippen molar-refractivity contribution in [2.24, 2.45) is 13.0 Å². The van der Waals surface area contributed by atoms with Gasteiger partial charge in [0.2, 0.25) is 0 Å². The van der Waals surface area contributed by atoms with Crippen molar-refractivity contribution in [3.8, 4) is 0 Å². The number of piperidine rings is 1. The Labute approximate surface area is 144 Å². The minimum absolute atomic E-state index is 0.0115. The van der Waals surface area contributed by atoms with Crippen LogP contribution in [0.4, 0.5) is 0 Å². The van der Waals surface area contributed by atoms with Gasteiger partial charge in [-0.1, -0.05) is 20.3 Å². The minimum Gasteiger partial charge on any atom is -0.466 e. The number of carbonyl (C=O) groups is 2. The summed E-state index contributed by atoms with van der Waals surface area (Å²) in [5, 5.41) is 4.55. The van der Waals surface area contributed by atoms with Gasteiger partial charge in [-0.25, -0.2) is 0 Å². The van der Waals surface area contributed by atoms with E-state index in [0.717, 1.165) is 49.1 Å². The molecule has 0 radical (unpaired) electrons. The fourth-order valence-corrected chi connectivity index (χ4v) is 3.46. The van der Waals surface area contributed by atoms with Gasteiger partial charge in [0.1, 0.15) is 0 Å². The molecular weight excluding hydrogens is 306 g/mol. The van der Waals surface area contributed by atoms with E-state index in [-0.39, 0.29) is 17.8 Å². The Morgan fingerprint density at radius 2 is 2.04 bits per heavy atom. The second kappa shape index (κ2) is 8.31. The highest BCUT2D eigenvalue weighted by atomic mass is 16.5. The first-order valence-corrected chi connectivity index (χ1v) is 9.04. The van der Waals surface area contributed by atoms with Crippen LogP contribution in [0.3, 0.4) is 0 Å². The second-order valence-electron chi connectivity index (χ2n) is 6.34.